The first-order valence-corrected chi connectivity index (χ1v) is 10.1. The van der Waals surface area contributed by atoms with E-state index in [0.717, 1.165) is 22.3 Å². The van der Waals surface area contributed by atoms with E-state index in [9.17, 15) is 14.4 Å². The lowest BCUT2D eigenvalue weighted by atomic mass is 9.98. The second kappa shape index (κ2) is 10.3. The molecule has 31 heavy (non-hydrogen) atoms. The van der Waals surface area contributed by atoms with Crippen molar-refractivity contribution in [3.05, 3.63) is 59.7 Å². The highest BCUT2D eigenvalue weighted by atomic mass is 16.5. The molecule has 0 aliphatic heterocycles. The summed E-state index contributed by atoms with van der Waals surface area (Å²) in [6, 6.07) is 16.2. The van der Waals surface area contributed by atoms with E-state index in [-0.39, 0.29) is 31.5 Å². The van der Waals surface area contributed by atoms with Crippen LogP contribution in [0.5, 0.6) is 0 Å². The maximum Gasteiger partial charge on any atom is 0.407 e. The lowest BCUT2D eigenvalue weighted by molar-refractivity contribution is -0.130. The van der Waals surface area contributed by atoms with Crippen LogP contribution in [0.15, 0.2) is 48.5 Å². The van der Waals surface area contributed by atoms with Crippen molar-refractivity contribution in [3.8, 4) is 23.0 Å². The lowest BCUT2D eigenvalue weighted by Gasteiger charge is -2.17. The second-order valence-corrected chi connectivity index (χ2v) is 7.14. The molecule has 2 amide bonds. The first kappa shape index (κ1) is 21.9. The third-order valence-electron chi connectivity index (χ3n) is 5.25. The first-order chi connectivity index (χ1) is 15.0. The van der Waals surface area contributed by atoms with Crippen molar-refractivity contribution in [1.29, 1.82) is 0 Å². The molecule has 7 nitrogen and oxygen atoms in total. The van der Waals surface area contributed by atoms with Gasteiger partial charge in [0.25, 0.3) is 0 Å². The summed E-state index contributed by atoms with van der Waals surface area (Å²) in [7, 11) is 0. The van der Waals surface area contributed by atoms with E-state index in [0.29, 0.717) is 6.42 Å². The van der Waals surface area contributed by atoms with Gasteiger partial charge in [-0.25, -0.2) is 9.59 Å². The zero-order valence-corrected chi connectivity index (χ0v) is 17.2. The maximum atomic E-state index is 12.2. The predicted octanol–water partition coefficient (Wildman–Crippen LogP) is 2.76. The Hall–Kier alpha value is -3.79. The number of alkyl carbamates (subject to hydrolysis) is 1. The van der Waals surface area contributed by atoms with Gasteiger partial charge < -0.3 is 20.5 Å². The second-order valence-electron chi connectivity index (χ2n) is 7.14. The number of hydrogen-bond donors (Lipinski definition) is 3. The number of carbonyl (C=O) groups excluding carboxylic acids is 2. The van der Waals surface area contributed by atoms with Gasteiger partial charge in [-0.05, 0) is 28.7 Å². The SMILES string of the molecule is CCC(CNC(=O)OCC1c2ccccc2-c2ccccc21)C(=O)NCC#CC(=O)O. The Morgan fingerprint density at radius 1 is 1.03 bits per heavy atom. The van der Waals surface area contributed by atoms with Gasteiger partial charge in [-0.2, -0.15) is 0 Å². The van der Waals surface area contributed by atoms with Gasteiger partial charge in [-0.3, -0.25) is 4.79 Å². The fourth-order valence-corrected chi connectivity index (χ4v) is 3.67. The molecule has 1 unspecified atom stereocenters. The largest absolute Gasteiger partial charge is 0.472 e. The third-order valence-corrected chi connectivity index (χ3v) is 5.25. The molecule has 2 aromatic carbocycles. The normalized spacial score (nSPS) is 12.5. The molecule has 1 aliphatic carbocycles. The summed E-state index contributed by atoms with van der Waals surface area (Å²) in [4.78, 5) is 34.8. The number of hydrogen-bond acceptors (Lipinski definition) is 4. The Balaban J connectivity index is 1.52. The van der Waals surface area contributed by atoms with Gasteiger partial charge in [0.15, 0.2) is 0 Å². The molecular weight excluding hydrogens is 396 g/mol. The molecule has 0 heterocycles. The number of carboxylic acid groups (broad SMARTS) is 1. The Morgan fingerprint density at radius 3 is 2.23 bits per heavy atom. The molecule has 0 fully saturated rings. The Morgan fingerprint density at radius 2 is 1.65 bits per heavy atom. The van der Waals surface area contributed by atoms with Gasteiger partial charge >= 0.3 is 12.1 Å². The average Bonchev–Trinajstić information content (AvgIpc) is 3.09. The molecule has 0 saturated heterocycles. The van der Waals surface area contributed by atoms with Crippen LogP contribution in [0.3, 0.4) is 0 Å². The summed E-state index contributed by atoms with van der Waals surface area (Å²) in [6.07, 6.45) is -0.0826. The number of carbonyl (C=O) groups is 3. The number of carboxylic acids is 1. The molecule has 0 radical (unpaired) electrons. The van der Waals surface area contributed by atoms with Crippen LogP contribution in [0, 0.1) is 17.8 Å². The molecule has 0 saturated carbocycles. The van der Waals surface area contributed by atoms with Gasteiger partial charge in [0.05, 0.1) is 12.5 Å². The fourth-order valence-electron chi connectivity index (χ4n) is 3.67. The van der Waals surface area contributed by atoms with E-state index in [4.69, 9.17) is 9.84 Å². The van der Waals surface area contributed by atoms with E-state index < -0.39 is 18.0 Å². The van der Waals surface area contributed by atoms with Crippen molar-refractivity contribution in [3.63, 3.8) is 0 Å². The monoisotopic (exact) mass is 420 g/mol. The molecule has 7 heteroatoms. The minimum Gasteiger partial charge on any atom is -0.472 e. The molecule has 3 N–H and O–H groups in total. The Labute approximate surface area is 180 Å². The number of amides is 2. The van der Waals surface area contributed by atoms with Gasteiger partial charge in [0, 0.05) is 18.4 Å². The highest BCUT2D eigenvalue weighted by molar-refractivity contribution is 5.86. The minimum atomic E-state index is -1.25. The van der Waals surface area contributed by atoms with E-state index in [1.54, 1.807) is 0 Å². The minimum absolute atomic E-state index is 0.0313. The van der Waals surface area contributed by atoms with Crippen LogP contribution in [0.2, 0.25) is 0 Å². The van der Waals surface area contributed by atoms with Crippen LogP contribution in [0.1, 0.15) is 30.4 Å². The number of ether oxygens (including phenoxy) is 1. The van der Waals surface area contributed by atoms with Crippen LogP contribution < -0.4 is 10.6 Å². The van der Waals surface area contributed by atoms with Crippen molar-refractivity contribution in [2.45, 2.75) is 19.3 Å². The fraction of sp³-hybridized carbons (Fsp3) is 0.292. The molecular formula is C24H24N2O5. The first-order valence-electron chi connectivity index (χ1n) is 10.1. The molecule has 160 valence electrons. The number of aliphatic carboxylic acids is 1. The zero-order chi connectivity index (χ0) is 22.2. The van der Waals surface area contributed by atoms with Crippen molar-refractivity contribution in [1.82, 2.24) is 10.6 Å². The number of fused-ring (bicyclic) bond motifs is 3. The highest BCUT2D eigenvalue weighted by Gasteiger charge is 2.29. The molecule has 0 aromatic heterocycles. The summed E-state index contributed by atoms with van der Waals surface area (Å²) in [5, 5.41) is 13.7. The number of benzene rings is 2. The van der Waals surface area contributed by atoms with Crippen molar-refractivity contribution in [2.75, 3.05) is 19.7 Å². The van der Waals surface area contributed by atoms with Gasteiger partial charge in [0.2, 0.25) is 5.91 Å². The number of rotatable bonds is 7. The third kappa shape index (κ3) is 5.43. The van der Waals surface area contributed by atoms with Crippen molar-refractivity contribution < 1.29 is 24.2 Å². The standard InChI is InChI=1S/C24H24N2O5/c1-2-16(23(29)25-13-7-12-22(27)28)14-26-24(30)31-15-21-19-10-5-3-8-17(19)18-9-4-6-11-20(18)21/h3-6,8-11,16,21H,2,13-15H2,1H3,(H,25,29)(H,26,30)(H,27,28). The summed E-state index contributed by atoms with van der Waals surface area (Å²) >= 11 is 0. The molecule has 1 aliphatic rings. The summed E-state index contributed by atoms with van der Waals surface area (Å²) in [5.41, 5.74) is 4.57. The van der Waals surface area contributed by atoms with Crippen molar-refractivity contribution in [2.24, 2.45) is 5.92 Å². The van der Waals surface area contributed by atoms with Gasteiger partial charge in [0.1, 0.15) is 6.61 Å². The highest BCUT2D eigenvalue weighted by Crippen LogP contribution is 2.44. The predicted molar refractivity (Wildman–Crippen MR) is 115 cm³/mol. The molecule has 1 atom stereocenters. The van der Waals surface area contributed by atoms with Crippen LogP contribution in [0.25, 0.3) is 11.1 Å². The van der Waals surface area contributed by atoms with Gasteiger partial charge in [-0.15, -0.1) is 0 Å². The van der Waals surface area contributed by atoms with E-state index >= 15 is 0 Å². The van der Waals surface area contributed by atoms with E-state index in [2.05, 4.69) is 28.7 Å². The van der Waals surface area contributed by atoms with Gasteiger partial charge in [-0.1, -0.05) is 61.4 Å². The van der Waals surface area contributed by atoms with E-state index in [1.807, 2.05) is 49.2 Å². The number of nitrogens with one attached hydrogen (secondary N) is 2. The summed E-state index contributed by atoms with van der Waals surface area (Å²) < 4.78 is 5.47. The maximum absolute atomic E-state index is 12.2. The van der Waals surface area contributed by atoms with Crippen molar-refractivity contribution >= 4 is 18.0 Å². The lowest BCUT2D eigenvalue weighted by Crippen LogP contribution is -2.39. The van der Waals surface area contributed by atoms with Crippen LogP contribution in [0.4, 0.5) is 4.79 Å². The quantitative estimate of drug-likeness (QED) is 0.598. The van der Waals surface area contributed by atoms with Crippen LogP contribution >= 0.6 is 0 Å². The Bertz CT molecular complexity index is 992. The average molecular weight is 420 g/mol. The van der Waals surface area contributed by atoms with E-state index in [1.165, 1.54) is 0 Å². The summed E-state index contributed by atoms with van der Waals surface area (Å²) in [5.74, 6) is 2.21. The van der Waals surface area contributed by atoms with Crippen LogP contribution in [-0.4, -0.2) is 42.8 Å². The Kier molecular flexibility index (Phi) is 7.28. The summed E-state index contributed by atoms with van der Waals surface area (Å²) in [6.45, 7) is 2.08. The molecule has 3 rings (SSSR count). The zero-order valence-electron chi connectivity index (χ0n) is 17.2. The molecule has 0 bridgehead atoms. The topological polar surface area (TPSA) is 105 Å². The smallest absolute Gasteiger partial charge is 0.407 e. The van der Waals surface area contributed by atoms with Crippen LogP contribution in [-0.2, 0) is 14.3 Å². The molecule has 0 spiro atoms. The molecule has 2 aromatic rings.